The largest absolute Gasteiger partial charge is 0.383 e. The third-order valence-corrected chi connectivity index (χ3v) is 5.86. The maximum atomic E-state index is 12.6. The lowest BCUT2D eigenvalue weighted by molar-refractivity contribution is -0.145. The van der Waals surface area contributed by atoms with E-state index in [4.69, 9.17) is 15.2 Å². The molecule has 2 N–H and O–H groups in total. The molecule has 7 nitrogen and oxygen atoms in total. The van der Waals surface area contributed by atoms with Crippen molar-refractivity contribution in [1.82, 2.24) is 4.90 Å². The van der Waals surface area contributed by atoms with Gasteiger partial charge in [0.25, 0.3) is 5.91 Å². The summed E-state index contributed by atoms with van der Waals surface area (Å²) in [6.07, 6.45) is 1.33. The van der Waals surface area contributed by atoms with Crippen LogP contribution in [-0.2, 0) is 24.1 Å². The van der Waals surface area contributed by atoms with Gasteiger partial charge in [-0.15, -0.1) is 0 Å². The first-order valence-electron chi connectivity index (χ1n) is 7.32. The molecule has 8 heteroatoms. The van der Waals surface area contributed by atoms with Crippen molar-refractivity contribution in [2.45, 2.75) is 37.5 Å². The van der Waals surface area contributed by atoms with Crippen molar-refractivity contribution in [3.63, 3.8) is 0 Å². The van der Waals surface area contributed by atoms with Gasteiger partial charge >= 0.3 is 0 Å². The van der Waals surface area contributed by atoms with E-state index in [9.17, 15) is 13.2 Å². The van der Waals surface area contributed by atoms with E-state index in [1.807, 2.05) is 0 Å². The Morgan fingerprint density at radius 1 is 1.38 bits per heavy atom. The highest BCUT2D eigenvalue weighted by Crippen LogP contribution is 2.24. The first kappa shape index (κ1) is 16.7. The van der Waals surface area contributed by atoms with Gasteiger partial charge in [-0.2, -0.15) is 0 Å². The first-order chi connectivity index (χ1) is 9.96. The van der Waals surface area contributed by atoms with E-state index >= 15 is 0 Å². The quantitative estimate of drug-likeness (QED) is 0.685. The highest BCUT2D eigenvalue weighted by atomic mass is 32.2. The smallest absolute Gasteiger partial charge is 0.252 e. The molecule has 2 rings (SSSR count). The summed E-state index contributed by atoms with van der Waals surface area (Å²) in [6, 6.07) is -0.266. The molecular formula is C13H24N2O5S. The summed E-state index contributed by atoms with van der Waals surface area (Å²) < 4.78 is 34.0. The van der Waals surface area contributed by atoms with Crippen LogP contribution in [0.1, 0.15) is 19.3 Å². The first-order valence-corrected chi connectivity index (χ1v) is 9.14. The van der Waals surface area contributed by atoms with Crippen LogP contribution >= 0.6 is 0 Å². The lowest BCUT2D eigenvalue weighted by atomic mass is 10.1. The standard InChI is InChI=1S/C13H24N2O5S/c1-19-6-5-15(10-4-7-21(17,18)9-10)13(16)12-3-2-11(8-14)20-12/h10-12H,2-9,14H2,1H3. The molecule has 0 aromatic rings. The normalized spacial score (nSPS) is 31.4. The molecule has 21 heavy (non-hydrogen) atoms. The zero-order chi connectivity index (χ0) is 15.5. The molecule has 0 radical (unpaired) electrons. The van der Waals surface area contributed by atoms with Crippen LogP contribution in [0.25, 0.3) is 0 Å². The van der Waals surface area contributed by atoms with Gasteiger partial charge in [0.1, 0.15) is 6.10 Å². The lowest BCUT2D eigenvalue weighted by Crippen LogP contribution is -2.47. The van der Waals surface area contributed by atoms with E-state index in [0.717, 1.165) is 6.42 Å². The molecule has 2 aliphatic rings. The number of nitrogens with two attached hydrogens (primary N) is 1. The fraction of sp³-hybridized carbons (Fsp3) is 0.923. The molecule has 0 saturated carbocycles. The van der Waals surface area contributed by atoms with Crippen molar-refractivity contribution >= 4 is 15.7 Å². The van der Waals surface area contributed by atoms with Crippen LogP contribution in [0.4, 0.5) is 0 Å². The molecule has 0 aliphatic carbocycles. The SMILES string of the molecule is COCCN(C(=O)C1CCC(CN)O1)C1CCS(=O)(=O)C1. The Morgan fingerprint density at radius 2 is 2.14 bits per heavy atom. The highest BCUT2D eigenvalue weighted by Gasteiger charge is 2.39. The molecule has 0 aromatic carbocycles. The van der Waals surface area contributed by atoms with Gasteiger partial charge in [0.05, 0.1) is 24.2 Å². The molecule has 0 bridgehead atoms. The summed E-state index contributed by atoms with van der Waals surface area (Å²) >= 11 is 0. The van der Waals surface area contributed by atoms with Crippen molar-refractivity contribution in [1.29, 1.82) is 0 Å². The molecule has 2 aliphatic heterocycles. The van der Waals surface area contributed by atoms with Crippen LogP contribution in [-0.4, -0.2) is 75.8 Å². The van der Waals surface area contributed by atoms with Gasteiger partial charge in [0.2, 0.25) is 0 Å². The minimum atomic E-state index is -3.03. The third kappa shape index (κ3) is 4.15. The van der Waals surface area contributed by atoms with Crippen molar-refractivity contribution in [3.05, 3.63) is 0 Å². The Hall–Kier alpha value is -0.700. The summed E-state index contributed by atoms with van der Waals surface area (Å²) in [5.41, 5.74) is 5.56. The number of sulfone groups is 1. The molecule has 3 unspecified atom stereocenters. The van der Waals surface area contributed by atoms with Crippen molar-refractivity contribution in [3.8, 4) is 0 Å². The van der Waals surface area contributed by atoms with Gasteiger partial charge in [-0.1, -0.05) is 0 Å². The molecule has 2 saturated heterocycles. The Labute approximate surface area is 125 Å². The predicted molar refractivity (Wildman–Crippen MR) is 77.6 cm³/mol. The molecule has 1 amide bonds. The Kier molecular flexibility index (Phi) is 5.59. The molecule has 2 heterocycles. The van der Waals surface area contributed by atoms with Crippen LogP contribution in [0.15, 0.2) is 0 Å². The number of nitrogens with zero attached hydrogens (tertiary/aromatic N) is 1. The highest BCUT2D eigenvalue weighted by molar-refractivity contribution is 7.91. The third-order valence-electron chi connectivity index (χ3n) is 4.11. The maximum absolute atomic E-state index is 12.6. The van der Waals surface area contributed by atoms with Crippen LogP contribution < -0.4 is 5.73 Å². The zero-order valence-corrected chi connectivity index (χ0v) is 13.2. The molecule has 2 fully saturated rings. The number of amides is 1. The fourth-order valence-electron chi connectivity index (χ4n) is 2.93. The monoisotopic (exact) mass is 320 g/mol. The van der Waals surface area contributed by atoms with E-state index in [1.54, 1.807) is 12.0 Å². The van der Waals surface area contributed by atoms with E-state index in [1.165, 1.54) is 0 Å². The Balaban J connectivity index is 2.03. The molecular weight excluding hydrogens is 296 g/mol. The van der Waals surface area contributed by atoms with Gasteiger partial charge in [-0.05, 0) is 19.3 Å². The second kappa shape index (κ2) is 7.04. The summed E-state index contributed by atoms with van der Waals surface area (Å²) in [4.78, 5) is 14.2. The van der Waals surface area contributed by atoms with Crippen LogP contribution in [0, 0.1) is 0 Å². The van der Waals surface area contributed by atoms with Crippen LogP contribution in [0.5, 0.6) is 0 Å². The number of hydrogen-bond donors (Lipinski definition) is 1. The van der Waals surface area contributed by atoms with E-state index in [-0.39, 0.29) is 29.6 Å². The maximum Gasteiger partial charge on any atom is 0.252 e. The summed E-state index contributed by atoms with van der Waals surface area (Å²) in [6.45, 7) is 1.18. The van der Waals surface area contributed by atoms with Crippen molar-refractivity contribution in [2.24, 2.45) is 5.73 Å². The number of ether oxygens (including phenoxy) is 2. The van der Waals surface area contributed by atoms with E-state index < -0.39 is 15.9 Å². The van der Waals surface area contributed by atoms with Crippen LogP contribution in [0.3, 0.4) is 0 Å². The van der Waals surface area contributed by atoms with Crippen LogP contribution in [0.2, 0.25) is 0 Å². The number of carbonyl (C=O) groups is 1. The Bertz CT molecular complexity index is 467. The predicted octanol–water partition coefficient (Wildman–Crippen LogP) is -0.845. The van der Waals surface area contributed by atoms with Gasteiger partial charge in [0.15, 0.2) is 9.84 Å². The second-order valence-corrected chi connectivity index (χ2v) is 7.87. The summed E-state index contributed by atoms with van der Waals surface area (Å²) in [7, 11) is -1.47. The van der Waals surface area contributed by atoms with Crippen molar-refractivity contribution in [2.75, 3.05) is 38.3 Å². The molecule has 0 spiro atoms. The molecule has 122 valence electrons. The van der Waals surface area contributed by atoms with Gasteiger partial charge in [0, 0.05) is 26.2 Å². The minimum Gasteiger partial charge on any atom is -0.383 e. The van der Waals surface area contributed by atoms with Crippen molar-refractivity contribution < 1.29 is 22.7 Å². The zero-order valence-electron chi connectivity index (χ0n) is 12.4. The van der Waals surface area contributed by atoms with Gasteiger partial charge < -0.3 is 20.1 Å². The fourth-order valence-corrected chi connectivity index (χ4v) is 4.66. The van der Waals surface area contributed by atoms with Gasteiger partial charge in [-0.25, -0.2) is 8.42 Å². The summed E-state index contributed by atoms with van der Waals surface area (Å²) in [5, 5.41) is 0. The summed E-state index contributed by atoms with van der Waals surface area (Å²) in [5.74, 6) is 0.0473. The Morgan fingerprint density at radius 3 is 2.67 bits per heavy atom. The molecule has 0 aromatic heterocycles. The molecule has 3 atom stereocenters. The van der Waals surface area contributed by atoms with Gasteiger partial charge in [-0.3, -0.25) is 4.79 Å². The number of hydrogen-bond acceptors (Lipinski definition) is 6. The number of rotatable bonds is 6. The topological polar surface area (TPSA) is 98.9 Å². The number of methoxy groups -OCH3 is 1. The average molecular weight is 320 g/mol. The second-order valence-electron chi connectivity index (χ2n) is 5.64. The minimum absolute atomic E-state index is 0.0372. The lowest BCUT2D eigenvalue weighted by Gasteiger charge is -2.30. The number of carbonyl (C=O) groups excluding carboxylic acids is 1. The average Bonchev–Trinajstić information content (AvgIpc) is 3.05. The van der Waals surface area contributed by atoms with E-state index in [0.29, 0.717) is 32.5 Å². The van der Waals surface area contributed by atoms with E-state index in [2.05, 4.69) is 0 Å².